The van der Waals surface area contributed by atoms with Gasteiger partial charge in [0.2, 0.25) is 0 Å². The molecule has 11 heteroatoms. The van der Waals surface area contributed by atoms with Crippen molar-refractivity contribution in [2.45, 2.75) is 36.8 Å². The molecule has 3 heterocycles. The van der Waals surface area contributed by atoms with E-state index in [0.717, 1.165) is 25.9 Å². The predicted octanol–water partition coefficient (Wildman–Crippen LogP) is 2.13. The Morgan fingerprint density at radius 1 is 1.22 bits per heavy atom. The SMILES string of the molecule is CC(C)S(=O)(=O)c1ccc(-c2cnc(N)c(-c3nnc(N4CCCC(CN)C4)o3)n2)cc1. The van der Waals surface area contributed by atoms with Crippen LogP contribution in [0.2, 0.25) is 0 Å². The van der Waals surface area contributed by atoms with Crippen LogP contribution >= 0.6 is 0 Å². The van der Waals surface area contributed by atoms with Gasteiger partial charge in [-0.3, -0.25) is 0 Å². The van der Waals surface area contributed by atoms with Crippen molar-refractivity contribution in [2.75, 3.05) is 30.3 Å². The quantitative estimate of drug-likeness (QED) is 0.562. The average Bonchev–Trinajstić information content (AvgIpc) is 3.29. The summed E-state index contributed by atoms with van der Waals surface area (Å²) in [5.74, 6) is 0.747. The summed E-state index contributed by atoms with van der Waals surface area (Å²) in [4.78, 5) is 11.1. The molecule has 1 atom stereocenters. The normalized spacial score (nSPS) is 17.1. The fourth-order valence-electron chi connectivity index (χ4n) is 3.65. The lowest BCUT2D eigenvalue weighted by Crippen LogP contribution is -2.38. The van der Waals surface area contributed by atoms with Crippen molar-refractivity contribution in [1.29, 1.82) is 0 Å². The molecule has 3 aromatic rings. The topological polar surface area (TPSA) is 154 Å². The van der Waals surface area contributed by atoms with Gasteiger partial charge in [0.1, 0.15) is 0 Å². The van der Waals surface area contributed by atoms with E-state index in [1.54, 1.807) is 38.1 Å². The standard InChI is InChI=1S/C21H27N7O3S/c1-13(2)32(29,30)16-7-5-15(6-8-16)17-11-24-19(23)18(25-17)20-26-27-21(31-20)28-9-3-4-14(10-22)12-28/h5-8,11,13-14H,3-4,9-10,12,22H2,1-2H3,(H2,23,24). The van der Waals surface area contributed by atoms with Crippen LogP contribution in [0.4, 0.5) is 11.8 Å². The Bertz CT molecular complexity index is 1190. The van der Waals surface area contributed by atoms with E-state index in [1.165, 1.54) is 6.20 Å². The van der Waals surface area contributed by atoms with Crippen molar-refractivity contribution < 1.29 is 12.8 Å². The van der Waals surface area contributed by atoms with Gasteiger partial charge in [0.15, 0.2) is 21.3 Å². The molecule has 1 aliphatic heterocycles. The van der Waals surface area contributed by atoms with Crippen molar-refractivity contribution in [3.8, 4) is 22.8 Å². The number of sulfone groups is 1. The second-order valence-corrected chi connectivity index (χ2v) is 10.7. The van der Waals surface area contributed by atoms with E-state index in [1.807, 2.05) is 4.90 Å². The molecule has 0 aliphatic carbocycles. The third-order valence-electron chi connectivity index (χ3n) is 5.64. The highest BCUT2D eigenvalue weighted by molar-refractivity contribution is 7.92. The highest BCUT2D eigenvalue weighted by atomic mass is 32.2. The number of hydrogen-bond donors (Lipinski definition) is 2. The van der Waals surface area contributed by atoms with Crippen LogP contribution in [0.3, 0.4) is 0 Å². The molecule has 1 saturated heterocycles. The summed E-state index contributed by atoms with van der Waals surface area (Å²) in [7, 11) is -3.35. The minimum atomic E-state index is -3.35. The molecule has 4 rings (SSSR count). The van der Waals surface area contributed by atoms with Crippen molar-refractivity contribution in [1.82, 2.24) is 20.2 Å². The number of nitrogen functional groups attached to an aromatic ring is 1. The zero-order valence-electron chi connectivity index (χ0n) is 18.1. The number of piperidine rings is 1. The molecular weight excluding hydrogens is 430 g/mol. The minimum Gasteiger partial charge on any atom is -0.401 e. The molecule has 2 aromatic heterocycles. The van der Waals surface area contributed by atoms with Gasteiger partial charge in [-0.1, -0.05) is 17.2 Å². The first-order valence-corrected chi connectivity index (χ1v) is 12.1. The minimum absolute atomic E-state index is 0.168. The predicted molar refractivity (Wildman–Crippen MR) is 121 cm³/mol. The molecule has 0 bridgehead atoms. The molecular formula is C21H27N7O3S. The fourth-order valence-corrected chi connectivity index (χ4v) is 4.71. The average molecular weight is 458 g/mol. The summed E-state index contributed by atoms with van der Waals surface area (Å²) in [6, 6.07) is 6.93. The number of aromatic nitrogens is 4. The number of nitrogens with zero attached hydrogens (tertiary/aromatic N) is 5. The van der Waals surface area contributed by atoms with Gasteiger partial charge >= 0.3 is 6.01 Å². The van der Waals surface area contributed by atoms with Gasteiger partial charge in [-0.2, -0.15) is 0 Å². The van der Waals surface area contributed by atoms with Crippen molar-refractivity contribution >= 4 is 21.7 Å². The van der Waals surface area contributed by atoms with Crippen LogP contribution in [0.5, 0.6) is 0 Å². The first-order chi connectivity index (χ1) is 15.3. The first kappa shape index (κ1) is 22.2. The first-order valence-electron chi connectivity index (χ1n) is 10.6. The lowest BCUT2D eigenvalue weighted by atomic mass is 9.99. The zero-order valence-corrected chi connectivity index (χ0v) is 18.9. The molecule has 10 nitrogen and oxygen atoms in total. The van der Waals surface area contributed by atoms with E-state index in [2.05, 4.69) is 20.2 Å². The second kappa shape index (κ2) is 8.83. The molecule has 1 aliphatic rings. The summed E-state index contributed by atoms with van der Waals surface area (Å²) in [5, 5.41) is 7.79. The molecule has 0 spiro atoms. The second-order valence-electron chi connectivity index (χ2n) is 8.19. The lowest BCUT2D eigenvalue weighted by Gasteiger charge is -2.30. The molecule has 170 valence electrons. The number of nitrogens with two attached hydrogens (primary N) is 2. The van der Waals surface area contributed by atoms with E-state index >= 15 is 0 Å². The Morgan fingerprint density at radius 2 is 1.97 bits per heavy atom. The van der Waals surface area contributed by atoms with Gasteiger partial charge in [-0.15, -0.1) is 5.10 Å². The van der Waals surface area contributed by atoms with Gasteiger partial charge in [0.05, 0.1) is 22.0 Å². The fraction of sp³-hybridized carbons (Fsp3) is 0.429. The maximum atomic E-state index is 12.4. The largest absolute Gasteiger partial charge is 0.401 e. The lowest BCUT2D eigenvalue weighted by molar-refractivity contribution is 0.400. The van der Waals surface area contributed by atoms with Crippen LogP contribution in [-0.2, 0) is 9.84 Å². The molecule has 32 heavy (non-hydrogen) atoms. The summed E-state index contributed by atoms with van der Waals surface area (Å²) in [6.45, 7) is 5.52. The summed E-state index contributed by atoms with van der Waals surface area (Å²) in [5.41, 5.74) is 13.4. The molecule has 4 N–H and O–H groups in total. The number of rotatable bonds is 6. The molecule has 0 saturated carbocycles. The van der Waals surface area contributed by atoms with Crippen LogP contribution in [0.15, 0.2) is 39.8 Å². The van der Waals surface area contributed by atoms with Gasteiger partial charge in [0, 0.05) is 18.7 Å². The number of benzene rings is 1. The van der Waals surface area contributed by atoms with E-state index in [9.17, 15) is 8.42 Å². The Labute approximate surface area is 187 Å². The maximum Gasteiger partial charge on any atom is 0.318 e. The van der Waals surface area contributed by atoms with E-state index in [0.29, 0.717) is 29.7 Å². The van der Waals surface area contributed by atoms with Crippen LogP contribution in [-0.4, -0.2) is 53.5 Å². The van der Waals surface area contributed by atoms with E-state index in [4.69, 9.17) is 15.9 Å². The Kier molecular flexibility index (Phi) is 6.11. The Hall–Kier alpha value is -3.05. The Balaban J connectivity index is 1.61. The van der Waals surface area contributed by atoms with Crippen LogP contribution in [0, 0.1) is 5.92 Å². The highest BCUT2D eigenvalue weighted by Crippen LogP contribution is 2.29. The summed E-state index contributed by atoms with van der Waals surface area (Å²) in [6.07, 6.45) is 3.63. The van der Waals surface area contributed by atoms with Gasteiger partial charge < -0.3 is 20.8 Å². The summed E-state index contributed by atoms with van der Waals surface area (Å²) >= 11 is 0. The third-order valence-corrected chi connectivity index (χ3v) is 7.81. The molecule has 0 radical (unpaired) electrons. The number of hydrogen-bond acceptors (Lipinski definition) is 10. The van der Waals surface area contributed by atoms with Crippen LogP contribution < -0.4 is 16.4 Å². The Morgan fingerprint density at radius 3 is 2.66 bits per heavy atom. The smallest absolute Gasteiger partial charge is 0.318 e. The van der Waals surface area contributed by atoms with E-state index in [-0.39, 0.29) is 22.3 Å². The van der Waals surface area contributed by atoms with Gasteiger partial charge in [-0.25, -0.2) is 18.4 Å². The van der Waals surface area contributed by atoms with Gasteiger partial charge in [0.25, 0.3) is 5.89 Å². The number of anilines is 2. The van der Waals surface area contributed by atoms with Crippen molar-refractivity contribution in [3.63, 3.8) is 0 Å². The highest BCUT2D eigenvalue weighted by Gasteiger charge is 2.24. The van der Waals surface area contributed by atoms with Crippen molar-refractivity contribution in [2.24, 2.45) is 11.7 Å². The molecule has 1 unspecified atom stereocenters. The van der Waals surface area contributed by atoms with Gasteiger partial charge in [-0.05, 0) is 51.3 Å². The van der Waals surface area contributed by atoms with Crippen LogP contribution in [0.25, 0.3) is 22.8 Å². The summed E-state index contributed by atoms with van der Waals surface area (Å²) < 4.78 is 30.6. The van der Waals surface area contributed by atoms with E-state index < -0.39 is 15.1 Å². The molecule has 1 aromatic carbocycles. The zero-order chi connectivity index (χ0) is 22.9. The third kappa shape index (κ3) is 4.30. The molecule has 0 amide bonds. The molecule has 1 fully saturated rings. The monoisotopic (exact) mass is 457 g/mol. The van der Waals surface area contributed by atoms with Crippen molar-refractivity contribution in [3.05, 3.63) is 30.5 Å². The van der Waals surface area contributed by atoms with Crippen LogP contribution in [0.1, 0.15) is 26.7 Å². The maximum absolute atomic E-state index is 12.4.